The highest BCUT2D eigenvalue weighted by molar-refractivity contribution is 5.83. The van der Waals surface area contributed by atoms with E-state index < -0.39 is 12.5 Å². The third kappa shape index (κ3) is 3.05. The molecule has 0 aromatic heterocycles. The Balaban J connectivity index is 1.41. The van der Waals surface area contributed by atoms with Crippen LogP contribution in [-0.2, 0) is 11.2 Å². The summed E-state index contributed by atoms with van der Waals surface area (Å²) in [5.74, 6) is -2.07. The Hall–Kier alpha value is -1.89. The molecule has 5 nitrogen and oxygen atoms in total. The molecule has 3 aliphatic rings. The van der Waals surface area contributed by atoms with Gasteiger partial charge in [0.05, 0.1) is 19.7 Å². The highest BCUT2D eigenvalue weighted by atomic mass is 19.3. The first-order chi connectivity index (χ1) is 12.0. The van der Waals surface area contributed by atoms with Gasteiger partial charge in [0.1, 0.15) is 5.75 Å². The van der Waals surface area contributed by atoms with E-state index in [1.165, 1.54) is 16.2 Å². The molecule has 25 heavy (non-hydrogen) atoms. The molecule has 1 amide bonds. The zero-order valence-electron chi connectivity index (χ0n) is 14.3. The number of fused-ring (bicyclic) bond motifs is 1. The van der Waals surface area contributed by atoms with Gasteiger partial charge in [0.15, 0.2) is 0 Å². The topological polar surface area (TPSA) is 44.8 Å². The number of ether oxygens (including phenoxy) is 1. The number of halogens is 2. The molecule has 1 N–H and O–H groups in total. The molecule has 2 fully saturated rings. The summed E-state index contributed by atoms with van der Waals surface area (Å²) in [5, 5.41) is 3.24. The summed E-state index contributed by atoms with van der Waals surface area (Å²) in [6.07, 6.45) is 1.39. The van der Waals surface area contributed by atoms with E-state index in [-0.39, 0.29) is 31.0 Å². The standard InChI is InChI=1S/C18H23F2N3O2/c1-25-14-2-3-16-12(8-14)4-6-23(16)13-9-15(21-10-13)17(24)22-7-5-18(19,20)11-22/h2-3,8,13,15,21H,4-7,9-11H2,1H3/t13-,15-/m0/s1. The fourth-order valence-corrected chi connectivity index (χ4v) is 4.20. The van der Waals surface area contributed by atoms with Crippen LogP contribution in [0, 0.1) is 0 Å². The van der Waals surface area contributed by atoms with Crippen LogP contribution in [0.4, 0.5) is 14.5 Å². The summed E-state index contributed by atoms with van der Waals surface area (Å²) in [4.78, 5) is 16.2. The minimum Gasteiger partial charge on any atom is -0.497 e. The predicted molar refractivity (Wildman–Crippen MR) is 90.4 cm³/mol. The van der Waals surface area contributed by atoms with Crippen LogP contribution in [0.1, 0.15) is 18.4 Å². The second-order valence-corrected chi connectivity index (χ2v) is 7.15. The maximum Gasteiger partial charge on any atom is 0.267 e. The molecule has 3 heterocycles. The Kier molecular flexibility index (Phi) is 4.06. The van der Waals surface area contributed by atoms with Crippen molar-refractivity contribution < 1.29 is 18.3 Å². The van der Waals surface area contributed by atoms with Crippen molar-refractivity contribution in [2.45, 2.75) is 37.3 Å². The van der Waals surface area contributed by atoms with Gasteiger partial charge in [-0.05, 0) is 36.6 Å². The summed E-state index contributed by atoms with van der Waals surface area (Å²) in [6, 6.07) is 5.94. The molecule has 3 aliphatic heterocycles. The van der Waals surface area contributed by atoms with Gasteiger partial charge in [0.2, 0.25) is 5.91 Å². The van der Waals surface area contributed by atoms with Crippen molar-refractivity contribution in [2.24, 2.45) is 0 Å². The minimum absolute atomic E-state index is 0.154. The summed E-state index contributed by atoms with van der Waals surface area (Å²) < 4.78 is 32.0. The van der Waals surface area contributed by atoms with E-state index in [0.717, 1.165) is 18.7 Å². The number of anilines is 1. The molecular weight excluding hydrogens is 328 g/mol. The van der Waals surface area contributed by atoms with Gasteiger partial charge in [0.25, 0.3) is 5.92 Å². The molecule has 4 rings (SSSR count). The van der Waals surface area contributed by atoms with Gasteiger partial charge in [-0.15, -0.1) is 0 Å². The van der Waals surface area contributed by atoms with Crippen LogP contribution < -0.4 is 15.0 Å². The molecule has 0 saturated carbocycles. The number of amides is 1. The number of methoxy groups -OCH3 is 1. The summed E-state index contributed by atoms with van der Waals surface area (Å²) >= 11 is 0. The molecule has 1 aromatic rings. The van der Waals surface area contributed by atoms with Crippen LogP contribution in [0.2, 0.25) is 0 Å². The second-order valence-electron chi connectivity index (χ2n) is 7.15. The summed E-state index contributed by atoms with van der Waals surface area (Å²) in [5.41, 5.74) is 2.45. The Bertz CT molecular complexity index is 682. The monoisotopic (exact) mass is 351 g/mol. The number of hydrogen-bond donors (Lipinski definition) is 1. The van der Waals surface area contributed by atoms with Crippen LogP contribution >= 0.6 is 0 Å². The summed E-state index contributed by atoms with van der Waals surface area (Å²) in [7, 11) is 1.66. The van der Waals surface area contributed by atoms with Crippen molar-refractivity contribution in [3.8, 4) is 5.75 Å². The quantitative estimate of drug-likeness (QED) is 0.900. The molecule has 1 aromatic carbocycles. The molecule has 0 radical (unpaired) electrons. The zero-order valence-corrected chi connectivity index (χ0v) is 14.3. The van der Waals surface area contributed by atoms with Gasteiger partial charge in [0, 0.05) is 37.8 Å². The van der Waals surface area contributed by atoms with Crippen molar-refractivity contribution in [1.82, 2.24) is 10.2 Å². The van der Waals surface area contributed by atoms with E-state index in [1.54, 1.807) is 7.11 Å². The number of nitrogens with one attached hydrogen (secondary N) is 1. The smallest absolute Gasteiger partial charge is 0.267 e. The highest BCUT2D eigenvalue weighted by Gasteiger charge is 2.44. The Labute approximate surface area is 145 Å². The number of carbonyl (C=O) groups excluding carboxylic acids is 1. The molecule has 0 bridgehead atoms. The average molecular weight is 351 g/mol. The summed E-state index contributed by atoms with van der Waals surface area (Å²) in [6.45, 7) is 1.33. The maximum atomic E-state index is 13.4. The van der Waals surface area contributed by atoms with Crippen molar-refractivity contribution in [3.05, 3.63) is 23.8 Å². The molecule has 2 atom stereocenters. The fourth-order valence-electron chi connectivity index (χ4n) is 4.20. The van der Waals surface area contributed by atoms with Gasteiger partial charge < -0.3 is 19.9 Å². The molecule has 0 spiro atoms. The second kappa shape index (κ2) is 6.12. The van der Waals surface area contributed by atoms with E-state index >= 15 is 0 Å². The van der Waals surface area contributed by atoms with Crippen LogP contribution in [0.3, 0.4) is 0 Å². The minimum atomic E-state index is -2.74. The highest BCUT2D eigenvalue weighted by Crippen LogP contribution is 2.35. The fraction of sp³-hybridized carbons (Fsp3) is 0.611. The number of alkyl halides is 2. The molecule has 0 unspecified atom stereocenters. The van der Waals surface area contributed by atoms with Gasteiger partial charge in [-0.1, -0.05) is 0 Å². The Morgan fingerprint density at radius 3 is 2.92 bits per heavy atom. The molecule has 2 saturated heterocycles. The van der Waals surface area contributed by atoms with E-state index in [9.17, 15) is 13.6 Å². The third-order valence-electron chi connectivity index (χ3n) is 5.55. The zero-order chi connectivity index (χ0) is 17.6. The van der Waals surface area contributed by atoms with Gasteiger partial charge in [-0.25, -0.2) is 8.78 Å². The first-order valence-electron chi connectivity index (χ1n) is 8.80. The lowest BCUT2D eigenvalue weighted by Crippen LogP contribution is -2.43. The van der Waals surface area contributed by atoms with E-state index in [1.807, 2.05) is 6.07 Å². The van der Waals surface area contributed by atoms with Crippen molar-refractivity contribution in [3.63, 3.8) is 0 Å². The number of carbonyl (C=O) groups is 1. The Morgan fingerprint density at radius 1 is 1.36 bits per heavy atom. The molecule has 7 heteroatoms. The molecule has 0 aliphatic carbocycles. The van der Waals surface area contributed by atoms with E-state index in [4.69, 9.17) is 4.74 Å². The predicted octanol–water partition coefficient (Wildman–Crippen LogP) is 1.66. The lowest BCUT2D eigenvalue weighted by atomic mass is 10.1. The third-order valence-corrected chi connectivity index (χ3v) is 5.55. The van der Waals surface area contributed by atoms with Crippen molar-refractivity contribution in [1.29, 1.82) is 0 Å². The van der Waals surface area contributed by atoms with Gasteiger partial charge >= 0.3 is 0 Å². The van der Waals surface area contributed by atoms with Crippen molar-refractivity contribution >= 4 is 11.6 Å². The normalized spacial score (nSPS) is 27.6. The number of rotatable bonds is 3. The lowest BCUT2D eigenvalue weighted by molar-refractivity contribution is -0.133. The average Bonchev–Trinajstić information content (AvgIpc) is 3.30. The maximum absolute atomic E-state index is 13.4. The Morgan fingerprint density at radius 2 is 2.20 bits per heavy atom. The number of likely N-dealkylation sites (tertiary alicyclic amines) is 1. The van der Waals surface area contributed by atoms with Gasteiger partial charge in [-0.2, -0.15) is 0 Å². The number of hydrogen-bond acceptors (Lipinski definition) is 4. The molecular formula is C18H23F2N3O2. The van der Waals surface area contributed by atoms with Crippen LogP contribution in [-0.4, -0.2) is 62.1 Å². The lowest BCUT2D eigenvalue weighted by Gasteiger charge is -2.27. The largest absolute Gasteiger partial charge is 0.497 e. The van der Waals surface area contributed by atoms with Crippen LogP contribution in [0.25, 0.3) is 0 Å². The SMILES string of the molecule is COc1ccc2c(c1)CCN2[C@@H]1CN[C@H](C(=O)N2CCC(F)(F)C2)C1. The van der Waals surface area contributed by atoms with Crippen molar-refractivity contribution in [2.75, 3.05) is 38.2 Å². The van der Waals surface area contributed by atoms with Gasteiger partial charge in [-0.3, -0.25) is 4.79 Å². The molecule has 136 valence electrons. The number of nitrogens with zero attached hydrogens (tertiary/aromatic N) is 2. The van der Waals surface area contributed by atoms with E-state index in [0.29, 0.717) is 13.0 Å². The van der Waals surface area contributed by atoms with E-state index in [2.05, 4.69) is 22.3 Å². The van der Waals surface area contributed by atoms with Crippen LogP contribution in [0.15, 0.2) is 18.2 Å². The van der Waals surface area contributed by atoms with Crippen LogP contribution in [0.5, 0.6) is 5.75 Å². The first kappa shape index (κ1) is 16.6. The first-order valence-corrected chi connectivity index (χ1v) is 8.80. The number of benzene rings is 1.